The van der Waals surface area contributed by atoms with Crippen LogP contribution in [-0.4, -0.2) is 12.1 Å². The largest absolute Gasteiger partial charge is 0.311 e. The highest BCUT2D eigenvalue weighted by molar-refractivity contribution is 9.10. The van der Waals surface area contributed by atoms with E-state index in [0.717, 1.165) is 29.4 Å². The number of benzene rings is 1. The first-order chi connectivity index (χ1) is 7.09. The number of hydrogen-bond donors (Lipinski definition) is 1. The second kappa shape index (κ2) is 4.22. The summed E-state index contributed by atoms with van der Waals surface area (Å²) in [5.74, 6) is -0.158. The maximum atomic E-state index is 13.1. The van der Waals surface area contributed by atoms with E-state index in [1.807, 2.05) is 0 Å². The van der Waals surface area contributed by atoms with Crippen LogP contribution in [0.4, 0.5) is 4.39 Å². The summed E-state index contributed by atoms with van der Waals surface area (Å²) >= 11 is 3.47. The van der Waals surface area contributed by atoms with Gasteiger partial charge in [-0.3, -0.25) is 0 Å². The lowest BCUT2D eigenvalue weighted by molar-refractivity contribution is 0.411. The molecule has 0 spiro atoms. The number of hydrogen-bond acceptors (Lipinski definition) is 1. The first kappa shape index (κ1) is 11.1. The van der Waals surface area contributed by atoms with Gasteiger partial charge in [-0.2, -0.15) is 0 Å². The molecule has 1 fully saturated rings. The molecule has 15 heavy (non-hydrogen) atoms. The Labute approximate surface area is 98.2 Å². The van der Waals surface area contributed by atoms with Crippen LogP contribution in [0.2, 0.25) is 0 Å². The molecule has 1 unspecified atom stereocenters. The van der Waals surface area contributed by atoms with Crippen LogP contribution in [0.3, 0.4) is 0 Å². The Hall–Kier alpha value is -0.410. The van der Waals surface area contributed by atoms with Gasteiger partial charge in [-0.25, -0.2) is 4.39 Å². The number of rotatable bonds is 2. The molecule has 1 nitrogen and oxygen atoms in total. The molecule has 0 saturated carbocycles. The van der Waals surface area contributed by atoms with Gasteiger partial charge < -0.3 is 5.32 Å². The average Bonchev–Trinajstić information content (AvgIpc) is 2.59. The molecule has 1 aromatic rings. The van der Waals surface area contributed by atoms with Gasteiger partial charge >= 0.3 is 0 Å². The average molecular weight is 272 g/mol. The third-order valence-electron chi connectivity index (χ3n) is 3.05. The van der Waals surface area contributed by atoms with E-state index in [4.69, 9.17) is 0 Å². The molecule has 0 aromatic heterocycles. The molecule has 1 aliphatic rings. The second-order valence-corrected chi connectivity index (χ2v) is 5.36. The highest BCUT2D eigenvalue weighted by Gasteiger charge is 2.28. The number of nitrogens with one attached hydrogen (secondary N) is 1. The third-order valence-corrected chi connectivity index (χ3v) is 3.82. The Kier molecular flexibility index (Phi) is 3.12. The van der Waals surface area contributed by atoms with Crippen molar-refractivity contribution in [1.82, 2.24) is 5.32 Å². The molecule has 82 valence electrons. The fourth-order valence-electron chi connectivity index (χ4n) is 2.21. The van der Waals surface area contributed by atoms with Gasteiger partial charge in [0.25, 0.3) is 0 Å². The van der Waals surface area contributed by atoms with Crippen molar-refractivity contribution in [2.75, 3.05) is 6.54 Å². The predicted octanol–water partition coefficient (Wildman–Crippen LogP) is 3.27. The lowest BCUT2D eigenvalue weighted by atomic mass is 9.91. The van der Waals surface area contributed by atoms with E-state index in [1.54, 1.807) is 12.1 Å². The Bertz CT molecular complexity index is 359. The van der Waals surface area contributed by atoms with E-state index in [-0.39, 0.29) is 11.4 Å². The van der Waals surface area contributed by atoms with Crippen LogP contribution < -0.4 is 5.32 Å². The van der Waals surface area contributed by atoms with Crippen LogP contribution >= 0.6 is 15.9 Å². The van der Waals surface area contributed by atoms with E-state index in [1.165, 1.54) is 12.5 Å². The highest BCUT2D eigenvalue weighted by Crippen LogP contribution is 2.27. The molecule has 1 aromatic carbocycles. The van der Waals surface area contributed by atoms with Crippen molar-refractivity contribution in [3.05, 3.63) is 34.1 Å². The second-order valence-electron chi connectivity index (χ2n) is 4.50. The fourth-order valence-corrected chi connectivity index (χ4v) is 2.59. The standard InChI is InChI=1S/C12H15BrFN/c1-12(5-2-6-15-12)8-9-7-10(14)3-4-11(9)13/h3-4,7,15H,2,5-6,8H2,1H3. The molecule has 1 atom stereocenters. The van der Waals surface area contributed by atoms with Gasteiger partial charge in [0.05, 0.1) is 0 Å². The molecule has 1 heterocycles. The van der Waals surface area contributed by atoms with Crippen LogP contribution in [0, 0.1) is 5.82 Å². The molecule has 1 N–H and O–H groups in total. The van der Waals surface area contributed by atoms with Crippen molar-refractivity contribution in [1.29, 1.82) is 0 Å². The molecule has 3 heteroatoms. The van der Waals surface area contributed by atoms with Crippen LogP contribution in [0.15, 0.2) is 22.7 Å². The SMILES string of the molecule is CC1(Cc2cc(F)ccc2Br)CCCN1. The van der Waals surface area contributed by atoms with E-state index in [9.17, 15) is 4.39 Å². The monoisotopic (exact) mass is 271 g/mol. The van der Waals surface area contributed by atoms with Gasteiger partial charge in [0.1, 0.15) is 5.82 Å². The highest BCUT2D eigenvalue weighted by atomic mass is 79.9. The summed E-state index contributed by atoms with van der Waals surface area (Å²) in [6.45, 7) is 3.28. The van der Waals surface area contributed by atoms with Gasteiger partial charge in [-0.05, 0) is 56.5 Å². The minimum atomic E-state index is -0.158. The first-order valence-corrected chi connectivity index (χ1v) is 6.07. The summed E-state index contributed by atoms with van der Waals surface area (Å²) in [5.41, 5.74) is 1.18. The summed E-state index contributed by atoms with van der Waals surface area (Å²) in [4.78, 5) is 0. The minimum absolute atomic E-state index is 0.135. The van der Waals surface area contributed by atoms with E-state index >= 15 is 0 Å². The molecule has 0 radical (unpaired) electrons. The summed E-state index contributed by atoms with van der Waals surface area (Å²) in [6.07, 6.45) is 3.25. The van der Waals surface area contributed by atoms with Crippen molar-refractivity contribution in [3.8, 4) is 0 Å². The zero-order valence-electron chi connectivity index (χ0n) is 8.82. The minimum Gasteiger partial charge on any atom is -0.311 e. The van der Waals surface area contributed by atoms with Crippen LogP contribution in [0.1, 0.15) is 25.3 Å². The molecule has 0 amide bonds. The van der Waals surface area contributed by atoms with Crippen LogP contribution in [0.25, 0.3) is 0 Å². The summed E-state index contributed by atoms with van der Waals surface area (Å²) in [5, 5.41) is 3.48. The lowest BCUT2D eigenvalue weighted by Crippen LogP contribution is -2.38. The molecule has 1 saturated heterocycles. The number of halogens is 2. The summed E-state index contributed by atoms with van der Waals surface area (Å²) < 4.78 is 14.1. The maximum absolute atomic E-state index is 13.1. The third kappa shape index (κ3) is 2.58. The lowest BCUT2D eigenvalue weighted by Gasteiger charge is -2.25. The van der Waals surface area contributed by atoms with Gasteiger partial charge in [0.2, 0.25) is 0 Å². The van der Waals surface area contributed by atoms with Crippen molar-refractivity contribution in [2.45, 2.75) is 31.7 Å². The van der Waals surface area contributed by atoms with Gasteiger partial charge in [0, 0.05) is 10.0 Å². The molecule has 2 rings (SSSR count). The van der Waals surface area contributed by atoms with E-state index < -0.39 is 0 Å². The quantitative estimate of drug-likeness (QED) is 0.871. The van der Waals surface area contributed by atoms with Gasteiger partial charge in [-0.1, -0.05) is 15.9 Å². The van der Waals surface area contributed by atoms with Crippen LogP contribution in [-0.2, 0) is 6.42 Å². The van der Waals surface area contributed by atoms with Crippen LogP contribution in [0.5, 0.6) is 0 Å². The fraction of sp³-hybridized carbons (Fsp3) is 0.500. The molecular weight excluding hydrogens is 257 g/mol. The summed E-state index contributed by atoms with van der Waals surface area (Å²) in [6, 6.07) is 4.89. The Morgan fingerprint density at radius 3 is 3.00 bits per heavy atom. The van der Waals surface area contributed by atoms with Crippen molar-refractivity contribution < 1.29 is 4.39 Å². The summed E-state index contributed by atoms with van der Waals surface area (Å²) in [7, 11) is 0. The molecule has 1 aliphatic heterocycles. The smallest absolute Gasteiger partial charge is 0.123 e. The molecule has 0 bridgehead atoms. The van der Waals surface area contributed by atoms with Crippen molar-refractivity contribution in [2.24, 2.45) is 0 Å². The molecular formula is C12H15BrFN. The van der Waals surface area contributed by atoms with E-state index in [2.05, 4.69) is 28.2 Å². The van der Waals surface area contributed by atoms with Gasteiger partial charge in [-0.15, -0.1) is 0 Å². The van der Waals surface area contributed by atoms with Gasteiger partial charge in [0.15, 0.2) is 0 Å². The van der Waals surface area contributed by atoms with Crippen molar-refractivity contribution in [3.63, 3.8) is 0 Å². The zero-order valence-corrected chi connectivity index (χ0v) is 10.4. The topological polar surface area (TPSA) is 12.0 Å². The predicted molar refractivity (Wildman–Crippen MR) is 63.4 cm³/mol. The van der Waals surface area contributed by atoms with E-state index in [0.29, 0.717) is 0 Å². The Balaban J connectivity index is 2.19. The zero-order chi connectivity index (χ0) is 10.9. The first-order valence-electron chi connectivity index (χ1n) is 5.28. The Morgan fingerprint density at radius 2 is 2.33 bits per heavy atom. The van der Waals surface area contributed by atoms with Crippen molar-refractivity contribution >= 4 is 15.9 Å². The normalized spacial score (nSPS) is 25.8. The molecule has 0 aliphatic carbocycles. The maximum Gasteiger partial charge on any atom is 0.123 e. The Morgan fingerprint density at radius 1 is 1.53 bits per heavy atom.